The number of hydrogen-bond acceptors (Lipinski definition) is 3. The Bertz CT molecular complexity index is 823. The van der Waals surface area contributed by atoms with Crippen molar-refractivity contribution in [1.82, 2.24) is 9.55 Å². The van der Waals surface area contributed by atoms with Crippen molar-refractivity contribution in [3.8, 4) is 0 Å². The summed E-state index contributed by atoms with van der Waals surface area (Å²) in [6, 6.07) is 1.79. The molecule has 1 aromatic heterocycles. The summed E-state index contributed by atoms with van der Waals surface area (Å²) in [4.78, 5) is 19.3. The van der Waals surface area contributed by atoms with Crippen LogP contribution in [0.2, 0.25) is 0 Å². The van der Waals surface area contributed by atoms with E-state index >= 15 is 0 Å². The minimum absolute atomic E-state index is 0.176. The van der Waals surface area contributed by atoms with Crippen LogP contribution in [0.15, 0.2) is 12.1 Å². The van der Waals surface area contributed by atoms with Crippen LogP contribution >= 0.6 is 12.2 Å². The number of rotatable bonds is 2. The van der Waals surface area contributed by atoms with Crippen LogP contribution < -0.4 is 0 Å². The van der Waals surface area contributed by atoms with Crippen LogP contribution in [0.3, 0.4) is 0 Å². The summed E-state index contributed by atoms with van der Waals surface area (Å²) in [6.07, 6.45) is 1.49. The molecule has 0 unspecified atom stereocenters. The Kier molecular flexibility index (Phi) is 5.18. The summed E-state index contributed by atoms with van der Waals surface area (Å²) in [7, 11) is 0. The first-order valence-corrected chi connectivity index (χ1v) is 7.28. The number of aromatic nitrogens is 2. The number of aromatic amines is 1. The van der Waals surface area contributed by atoms with Gasteiger partial charge in [-0.3, -0.25) is 0 Å². The van der Waals surface area contributed by atoms with Gasteiger partial charge in [-0.15, -0.1) is 0 Å². The Hall–Kier alpha value is -2.18. The van der Waals surface area contributed by atoms with Crippen LogP contribution in [-0.4, -0.2) is 15.7 Å². The predicted molar refractivity (Wildman–Crippen MR) is 76.8 cm³/mol. The Balaban J connectivity index is 0.000000595. The fourth-order valence-electron chi connectivity index (χ4n) is 2.90. The highest BCUT2D eigenvalue weighted by molar-refractivity contribution is 7.71. The van der Waals surface area contributed by atoms with Gasteiger partial charge in [-0.25, -0.2) is 13.2 Å². The molecule has 0 spiro atoms. The number of carbonyl (C=O) groups excluding carboxylic acids is 2. The number of H-pyrrole nitrogens is 1. The topological polar surface area (TPSA) is 54.9 Å². The number of nitrogens with one attached hydrogen (secondary N) is 1. The third-order valence-electron chi connectivity index (χ3n) is 3.86. The molecule has 1 N–H and O–H groups in total. The van der Waals surface area contributed by atoms with E-state index in [-0.39, 0.29) is 11.7 Å². The normalized spacial score (nSPS) is 15.6. The average molecular weight is 342 g/mol. The lowest BCUT2D eigenvalue weighted by Crippen LogP contribution is -2.08. The van der Waals surface area contributed by atoms with E-state index in [0.717, 1.165) is 29.9 Å². The van der Waals surface area contributed by atoms with Crippen LogP contribution in [-0.2, 0) is 29.0 Å². The Morgan fingerprint density at radius 2 is 1.91 bits per heavy atom. The monoisotopic (exact) mass is 342 g/mol. The van der Waals surface area contributed by atoms with Crippen molar-refractivity contribution in [2.45, 2.75) is 32.2 Å². The minimum Gasteiger partial charge on any atom is -0.334 e. The molecule has 1 aliphatic rings. The van der Waals surface area contributed by atoms with Gasteiger partial charge in [-0.05, 0) is 37.2 Å². The number of fused-ring (bicyclic) bond motifs is 1. The zero-order chi connectivity index (χ0) is 17.1. The molecule has 0 radical (unpaired) electrons. The van der Waals surface area contributed by atoms with E-state index < -0.39 is 23.4 Å². The molecule has 1 atom stereocenters. The van der Waals surface area contributed by atoms with Gasteiger partial charge >= 0.3 is 6.15 Å². The molecule has 4 nitrogen and oxygen atoms in total. The Labute approximate surface area is 134 Å². The van der Waals surface area contributed by atoms with E-state index in [1.165, 1.54) is 0 Å². The van der Waals surface area contributed by atoms with E-state index in [1.54, 1.807) is 0 Å². The zero-order valence-electron chi connectivity index (χ0n) is 12.2. The number of imidazole rings is 1. The molecule has 0 aliphatic carbocycles. The van der Waals surface area contributed by atoms with Crippen molar-refractivity contribution in [3.05, 3.63) is 51.3 Å². The van der Waals surface area contributed by atoms with Crippen molar-refractivity contribution < 1.29 is 22.8 Å². The third-order valence-corrected chi connectivity index (χ3v) is 4.18. The molecule has 0 fully saturated rings. The Morgan fingerprint density at radius 3 is 2.52 bits per heavy atom. The number of nitrogens with zero attached hydrogens (tertiary/aromatic N) is 1. The average Bonchev–Trinajstić information content (AvgIpc) is 3.05. The highest BCUT2D eigenvalue weighted by Gasteiger charge is 2.31. The fourth-order valence-corrected chi connectivity index (χ4v) is 3.21. The van der Waals surface area contributed by atoms with Crippen LogP contribution in [0.4, 0.5) is 13.2 Å². The largest absolute Gasteiger partial charge is 0.373 e. The van der Waals surface area contributed by atoms with Gasteiger partial charge in [-0.2, -0.15) is 9.59 Å². The first-order chi connectivity index (χ1) is 10.9. The standard InChI is InChI=1S/C14H13F3N2S.CO2/c1-2-10-11-5-7(6-19(11)14(20)18-10)12-8(15)3-4-9(16)13(12)17;2-1-3/h3-4,7H,2,5-6H2,1H3,(H,18,20);/t7-;/m0./s1. The molecule has 1 aromatic carbocycles. The number of halogens is 3. The lowest BCUT2D eigenvalue weighted by Gasteiger charge is -2.12. The molecule has 0 bridgehead atoms. The molecule has 0 amide bonds. The fraction of sp³-hybridized carbons (Fsp3) is 0.333. The second-order valence-electron chi connectivity index (χ2n) is 5.06. The lowest BCUT2D eigenvalue weighted by atomic mass is 9.95. The summed E-state index contributed by atoms with van der Waals surface area (Å²) in [5.41, 5.74) is 1.77. The van der Waals surface area contributed by atoms with Gasteiger partial charge in [0.25, 0.3) is 0 Å². The van der Waals surface area contributed by atoms with Crippen molar-refractivity contribution in [3.63, 3.8) is 0 Å². The lowest BCUT2D eigenvalue weighted by molar-refractivity contribution is -0.191. The number of aryl methyl sites for hydroxylation is 1. The molecule has 8 heteroatoms. The van der Waals surface area contributed by atoms with E-state index in [4.69, 9.17) is 21.8 Å². The molecule has 0 saturated carbocycles. The van der Waals surface area contributed by atoms with E-state index in [2.05, 4.69) is 4.98 Å². The maximum Gasteiger partial charge on any atom is 0.373 e. The molecule has 23 heavy (non-hydrogen) atoms. The minimum atomic E-state index is -1.09. The maximum absolute atomic E-state index is 13.9. The molecule has 122 valence electrons. The number of hydrogen-bond donors (Lipinski definition) is 1. The second-order valence-corrected chi connectivity index (χ2v) is 5.45. The molecule has 0 saturated heterocycles. The molecule has 1 aliphatic heterocycles. The summed E-state index contributed by atoms with van der Waals surface area (Å²) in [5, 5.41) is 0. The highest BCUT2D eigenvalue weighted by Crippen LogP contribution is 2.35. The van der Waals surface area contributed by atoms with Crippen molar-refractivity contribution >= 4 is 18.4 Å². The van der Waals surface area contributed by atoms with Gasteiger partial charge in [-0.1, -0.05) is 6.92 Å². The van der Waals surface area contributed by atoms with Crippen molar-refractivity contribution in [1.29, 1.82) is 0 Å². The van der Waals surface area contributed by atoms with Gasteiger partial charge in [0.05, 0.1) is 0 Å². The predicted octanol–water partition coefficient (Wildman–Crippen LogP) is 3.28. The SMILES string of the molecule is CCc1[nH]c(=S)n2c1C[C@H](c1c(F)ccc(F)c1F)C2.O=C=O. The smallest absolute Gasteiger partial charge is 0.334 e. The van der Waals surface area contributed by atoms with Crippen molar-refractivity contribution in [2.75, 3.05) is 0 Å². The van der Waals surface area contributed by atoms with Crippen LogP contribution in [0.25, 0.3) is 0 Å². The number of benzene rings is 1. The quantitative estimate of drug-likeness (QED) is 0.673. The van der Waals surface area contributed by atoms with Gasteiger partial charge in [0.15, 0.2) is 16.4 Å². The van der Waals surface area contributed by atoms with Crippen LogP contribution in [0.5, 0.6) is 0 Å². The summed E-state index contributed by atoms with van der Waals surface area (Å²) in [6.45, 7) is 2.36. The summed E-state index contributed by atoms with van der Waals surface area (Å²) in [5.74, 6) is -3.22. The zero-order valence-corrected chi connectivity index (χ0v) is 13.0. The van der Waals surface area contributed by atoms with Crippen LogP contribution in [0, 0.1) is 22.2 Å². The molecular weight excluding hydrogens is 329 g/mol. The molecule has 3 rings (SSSR count). The van der Waals surface area contributed by atoms with Gasteiger partial charge in [0, 0.05) is 29.4 Å². The molecular formula is C15H13F3N2O2S. The van der Waals surface area contributed by atoms with Gasteiger partial charge in [0.1, 0.15) is 5.82 Å². The van der Waals surface area contributed by atoms with E-state index in [1.807, 2.05) is 11.5 Å². The first-order valence-electron chi connectivity index (χ1n) is 6.87. The van der Waals surface area contributed by atoms with Gasteiger partial charge in [0.2, 0.25) is 0 Å². The van der Waals surface area contributed by atoms with Gasteiger partial charge < -0.3 is 9.55 Å². The Morgan fingerprint density at radius 1 is 1.30 bits per heavy atom. The molecule has 2 aromatic rings. The van der Waals surface area contributed by atoms with E-state index in [0.29, 0.717) is 17.7 Å². The summed E-state index contributed by atoms with van der Waals surface area (Å²) >= 11 is 5.21. The third kappa shape index (κ3) is 3.13. The highest BCUT2D eigenvalue weighted by atomic mass is 32.1. The van der Waals surface area contributed by atoms with Crippen molar-refractivity contribution in [2.24, 2.45) is 0 Å². The maximum atomic E-state index is 13.9. The summed E-state index contributed by atoms with van der Waals surface area (Å²) < 4.78 is 43.4. The van der Waals surface area contributed by atoms with Crippen LogP contribution in [0.1, 0.15) is 29.8 Å². The first kappa shape index (κ1) is 17.2. The van der Waals surface area contributed by atoms with E-state index in [9.17, 15) is 13.2 Å². The molecule has 2 heterocycles. The second kappa shape index (κ2) is 6.93.